The van der Waals surface area contributed by atoms with Gasteiger partial charge in [0.25, 0.3) is 5.91 Å². The number of amides is 1. The van der Waals surface area contributed by atoms with Crippen LogP contribution in [-0.4, -0.2) is 40.3 Å². The van der Waals surface area contributed by atoms with E-state index in [9.17, 15) is 27.5 Å². The van der Waals surface area contributed by atoms with Gasteiger partial charge >= 0.3 is 6.18 Å². The maximum Gasteiger partial charge on any atom is 0.424 e. The summed E-state index contributed by atoms with van der Waals surface area (Å²) in [4.78, 5) is 20.1. The first-order valence-electron chi connectivity index (χ1n) is 12.1. The average molecular weight is 530 g/mol. The van der Waals surface area contributed by atoms with Crippen LogP contribution >= 0.6 is 0 Å². The first kappa shape index (κ1) is 27.1. The highest BCUT2D eigenvalue weighted by Crippen LogP contribution is 2.42. The van der Waals surface area contributed by atoms with E-state index >= 15 is 0 Å². The lowest BCUT2D eigenvalue weighted by molar-refractivity contribution is -0.265. The maximum atomic E-state index is 14.4. The lowest BCUT2D eigenvalue weighted by Crippen LogP contribution is -2.51. The summed E-state index contributed by atoms with van der Waals surface area (Å²) in [5.74, 6) is -1.06. The van der Waals surface area contributed by atoms with Gasteiger partial charge in [-0.2, -0.15) is 13.2 Å². The molecule has 0 aliphatic rings. The number of rotatable bonds is 8. The molecule has 2 aromatic heterocycles. The minimum atomic E-state index is -5.19. The molecule has 0 radical (unpaired) electrons. The van der Waals surface area contributed by atoms with Gasteiger partial charge in [0.05, 0.1) is 18.8 Å². The third-order valence-corrected chi connectivity index (χ3v) is 6.35. The predicted molar refractivity (Wildman–Crippen MR) is 135 cm³/mol. The minimum absolute atomic E-state index is 0.0312. The molecular formula is C28H27F4N3O3. The Labute approximate surface area is 216 Å². The molecule has 0 spiro atoms. The number of halogens is 4. The predicted octanol–water partition coefficient (Wildman–Crippen LogP) is 5.82. The SMILES string of the molecule is CCOc1c(CC)cc([C@@](O)(CNC(=O)c2cc(C)c3[nH]ccc3c2)C(F)(F)F)nc1-c1ccc(F)cc1. The molecule has 0 aliphatic heterocycles. The van der Waals surface area contributed by atoms with Crippen molar-refractivity contribution in [3.63, 3.8) is 0 Å². The van der Waals surface area contributed by atoms with Gasteiger partial charge in [-0.15, -0.1) is 0 Å². The van der Waals surface area contributed by atoms with Crippen LogP contribution in [0.3, 0.4) is 0 Å². The van der Waals surface area contributed by atoms with E-state index in [-0.39, 0.29) is 30.0 Å². The molecule has 6 nitrogen and oxygen atoms in total. The van der Waals surface area contributed by atoms with E-state index in [1.165, 1.54) is 12.1 Å². The molecule has 0 bridgehead atoms. The number of nitrogens with one attached hydrogen (secondary N) is 2. The number of nitrogens with zero attached hydrogens (tertiary/aromatic N) is 1. The largest absolute Gasteiger partial charge is 0.491 e. The normalized spacial score (nSPS) is 13.4. The number of aromatic amines is 1. The second-order valence-corrected chi connectivity index (χ2v) is 8.91. The monoisotopic (exact) mass is 529 g/mol. The van der Waals surface area contributed by atoms with Gasteiger partial charge in [-0.1, -0.05) is 6.92 Å². The number of carbonyl (C=O) groups excluding carboxylic acids is 1. The Balaban J connectivity index is 1.76. The summed E-state index contributed by atoms with van der Waals surface area (Å²) in [6.07, 6.45) is -3.22. The van der Waals surface area contributed by atoms with E-state index in [1.807, 2.05) is 0 Å². The second-order valence-electron chi connectivity index (χ2n) is 8.91. The van der Waals surface area contributed by atoms with Crippen LogP contribution in [0, 0.1) is 12.7 Å². The Kier molecular flexibility index (Phi) is 7.46. The zero-order valence-corrected chi connectivity index (χ0v) is 21.0. The van der Waals surface area contributed by atoms with E-state index < -0.39 is 35.7 Å². The first-order chi connectivity index (χ1) is 18.0. The van der Waals surface area contributed by atoms with Crippen molar-refractivity contribution in [3.05, 3.63) is 82.9 Å². The molecule has 38 heavy (non-hydrogen) atoms. The number of aliphatic hydroxyl groups is 1. The van der Waals surface area contributed by atoms with Crippen LogP contribution in [0.5, 0.6) is 5.75 Å². The highest BCUT2D eigenvalue weighted by atomic mass is 19.4. The number of aromatic nitrogens is 2. The summed E-state index contributed by atoms with van der Waals surface area (Å²) in [6.45, 7) is 4.26. The number of alkyl halides is 3. The number of pyridine rings is 1. The summed E-state index contributed by atoms with van der Waals surface area (Å²) >= 11 is 0. The molecule has 0 unspecified atom stereocenters. The van der Waals surface area contributed by atoms with E-state index in [1.54, 1.807) is 45.2 Å². The smallest absolute Gasteiger partial charge is 0.424 e. The van der Waals surface area contributed by atoms with E-state index in [4.69, 9.17) is 4.74 Å². The molecule has 3 N–H and O–H groups in total. The third kappa shape index (κ3) is 5.08. The fourth-order valence-electron chi connectivity index (χ4n) is 4.30. The van der Waals surface area contributed by atoms with Gasteiger partial charge < -0.3 is 20.1 Å². The molecule has 0 saturated heterocycles. The van der Waals surface area contributed by atoms with Gasteiger partial charge in [0.2, 0.25) is 5.60 Å². The van der Waals surface area contributed by atoms with Gasteiger partial charge in [0.15, 0.2) is 0 Å². The number of hydrogen-bond donors (Lipinski definition) is 3. The van der Waals surface area contributed by atoms with Crippen molar-refractivity contribution in [2.24, 2.45) is 0 Å². The van der Waals surface area contributed by atoms with E-state index in [0.717, 1.165) is 34.7 Å². The standard InChI is InChI=1S/C28H27F4N3O3/c1-4-17-14-22(35-24(25(17)38-5-2)18-6-8-21(29)9-7-18)27(37,28(30,31)32)15-34-26(36)20-12-16(3)23-19(13-20)10-11-33-23/h6-14,33,37H,4-5,15H2,1-3H3,(H,34,36)/t27-/m0/s1. The van der Waals surface area contributed by atoms with Crippen molar-refractivity contribution in [2.75, 3.05) is 13.2 Å². The molecule has 1 amide bonds. The Morgan fingerprint density at radius 3 is 2.45 bits per heavy atom. The Bertz CT molecular complexity index is 1460. The summed E-state index contributed by atoms with van der Waals surface area (Å²) in [5, 5.41) is 14.0. The van der Waals surface area contributed by atoms with Crippen molar-refractivity contribution in [3.8, 4) is 17.0 Å². The van der Waals surface area contributed by atoms with Crippen LogP contribution in [0.15, 0.2) is 54.7 Å². The molecule has 1 atom stereocenters. The fraction of sp³-hybridized carbons (Fsp3) is 0.286. The number of hydrogen-bond acceptors (Lipinski definition) is 4. The maximum absolute atomic E-state index is 14.4. The zero-order chi connectivity index (χ0) is 27.7. The van der Waals surface area contributed by atoms with Crippen LogP contribution in [-0.2, 0) is 12.0 Å². The Morgan fingerprint density at radius 1 is 1.11 bits per heavy atom. The van der Waals surface area contributed by atoms with Gasteiger partial charge in [-0.3, -0.25) is 4.79 Å². The van der Waals surface area contributed by atoms with Crippen LogP contribution in [0.4, 0.5) is 17.6 Å². The van der Waals surface area contributed by atoms with Gasteiger partial charge in [0.1, 0.15) is 17.3 Å². The average Bonchev–Trinajstić information content (AvgIpc) is 3.36. The number of ether oxygens (including phenoxy) is 1. The lowest BCUT2D eigenvalue weighted by Gasteiger charge is -2.31. The van der Waals surface area contributed by atoms with E-state index in [2.05, 4.69) is 15.3 Å². The van der Waals surface area contributed by atoms with Gasteiger partial charge in [-0.05, 0) is 79.9 Å². The van der Waals surface area contributed by atoms with Crippen molar-refractivity contribution in [2.45, 2.75) is 39.0 Å². The van der Waals surface area contributed by atoms with Gasteiger partial charge in [0, 0.05) is 28.2 Å². The Morgan fingerprint density at radius 2 is 1.82 bits per heavy atom. The molecule has 4 aromatic rings. The molecule has 0 fully saturated rings. The zero-order valence-electron chi connectivity index (χ0n) is 21.0. The van der Waals surface area contributed by atoms with Gasteiger partial charge in [-0.25, -0.2) is 9.37 Å². The highest BCUT2D eigenvalue weighted by molar-refractivity contribution is 5.99. The number of aryl methyl sites for hydroxylation is 2. The van der Waals surface area contributed by atoms with Crippen molar-refractivity contribution in [1.82, 2.24) is 15.3 Å². The Hall–Kier alpha value is -3.92. The highest BCUT2D eigenvalue weighted by Gasteiger charge is 2.56. The van der Waals surface area contributed by atoms with Crippen molar-refractivity contribution < 1.29 is 32.2 Å². The summed E-state index contributed by atoms with van der Waals surface area (Å²) in [5.41, 5.74) is -1.79. The van der Waals surface area contributed by atoms with Crippen LogP contribution < -0.4 is 10.1 Å². The minimum Gasteiger partial charge on any atom is -0.491 e. The molecule has 4 rings (SSSR count). The summed E-state index contributed by atoms with van der Waals surface area (Å²) < 4.78 is 62.5. The molecule has 0 aliphatic carbocycles. The number of fused-ring (bicyclic) bond motifs is 1. The third-order valence-electron chi connectivity index (χ3n) is 6.35. The number of carbonyl (C=O) groups is 1. The molecule has 0 saturated carbocycles. The molecule has 2 aromatic carbocycles. The van der Waals surface area contributed by atoms with E-state index in [0.29, 0.717) is 11.1 Å². The quantitative estimate of drug-likeness (QED) is 0.251. The van der Waals surface area contributed by atoms with Crippen LogP contribution in [0.25, 0.3) is 22.2 Å². The fourth-order valence-corrected chi connectivity index (χ4v) is 4.30. The van der Waals surface area contributed by atoms with Crippen LogP contribution in [0.2, 0.25) is 0 Å². The van der Waals surface area contributed by atoms with Crippen LogP contribution in [0.1, 0.15) is 41.0 Å². The lowest BCUT2D eigenvalue weighted by atomic mass is 9.94. The second kappa shape index (κ2) is 10.4. The van der Waals surface area contributed by atoms with Crippen molar-refractivity contribution >= 4 is 16.8 Å². The summed E-state index contributed by atoms with van der Waals surface area (Å²) in [7, 11) is 0. The molecule has 200 valence electrons. The number of H-pyrrole nitrogens is 1. The number of benzene rings is 2. The van der Waals surface area contributed by atoms with Crippen molar-refractivity contribution in [1.29, 1.82) is 0 Å². The summed E-state index contributed by atoms with van der Waals surface area (Å²) in [6, 6.07) is 11.0. The first-order valence-corrected chi connectivity index (χ1v) is 12.1. The molecule has 10 heteroatoms. The molecule has 2 heterocycles. The molecular weight excluding hydrogens is 502 g/mol. The topological polar surface area (TPSA) is 87.2 Å².